The summed E-state index contributed by atoms with van der Waals surface area (Å²) in [4.78, 5) is 23.6. The Hall–Kier alpha value is -2.76. The molecule has 4 rings (SSSR count). The summed E-state index contributed by atoms with van der Waals surface area (Å²) >= 11 is 0. The van der Waals surface area contributed by atoms with E-state index in [0.717, 1.165) is 22.6 Å². The predicted octanol–water partition coefficient (Wildman–Crippen LogP) is 2.18. The number of urea groups is 1. The molecule has 2 N–H and O–H groups in total. The van der Waals surface area contributed by atoms with E-state index in [9.17, 15) is 13.2 Å². The molecule has 1 atom stereocenters. The smallest absolute Gasteiger partial charge is 0.319 e. The Morgan fingerprint density at radius 2 is 1.94 bits per heavy atom. The van der Waals surface area contributed by atoms with Gasteiger partial charge in [-0.15, -0.1) is 0 Å². The van der Waals surface area contributed by atoms with E-state index in [1.807, 2.05) is 19.1 Å². The van der Waals surface area contributed by atoms with E-state index in [1.54, 1.807) is 19.1 Å². The van der Waals surface area contributed by atoms with Crippen LogP contribution in [0.15, 0.2) is 24.3 Å². The third-order valence-electron chi connectivity index (χ3n) is 5.87. The number of carbonyl (C=O) groups excluding carboxylic acids is 1. The molecule has 0 aliphatic carbocycles. The highest BCUT2D eigenvalue weighted by atomic mass is 32.2. The van der Waals surface area contributed by atoms with Gasteiger partial charge in [0.2, 0.25) is 10.0 Å². The average Bonchev–Trinajstić information content (AvgIpc) is 3.25. The SMILES string of the molecule is CCNC(=O)Nc1ccc(-c2nc3c(c(N4CCOCC4C)n2)CN(S(=O)(=O)CC)C3)cc1. The molecule has 178 valence electrons. The van der Waals surface area contributed by atoms with Crippen LogP contribution in [-0.4, -0.2) is 66.8 Å². The number of anilines is 2. The van der Waals surface area contributed by atoms with Gasteiger partial charge in [0.1, 0.15) is 5.82 Å². The zero-order valence-corrected chi connectivity index (χ0v) is 20.0. The van der Waals surface area contributed by atoms with Crippen LogP contribution < -0.4 is 15.5 Å². The van der Waals surface area contributed by atoms with Gasteiger partial charge in [0.05, 0.1) is 37.2 Å². The lowest BCUT2D eigenvalue weighted by Gasteiger charge is -2.35. The van der Waals surface area contributed by atoms with Crippen LogP contribution in [-0.2, 0) is 27.8 Å². The van der Waals surface area contributed by atoms with Crippen molar-refractivity contribution in [3.05, 3.63) is 35.5 Å². The van der Waals surface area contributed by atoms with Gasteiger partial charge >= 0.3 is 6.03 Å². The Kier molecular flexibility index (Phi) is 6.82. The van der Waals surface area contributed by atoms with Crippen molar-refractivity contribution in [1.82, 2.24) is 19.6 Å². The Labute approximate surface area is 194 Å². The quantitative estimate of drug-likeness (QED) is 0.659. The van der Waals surface area contributed by atoms with Crippen LogP contribution in [0.2, 0.25) is 0 Å². The van der Waals surface area contributed by atoms with Gasteiger partial charge in [-0.1, -0.05) is 0 Å². The molecular formula is C22H30N6O4S. The molecule has 0 saturated carbocycles. The molecule has 1 fully saturated rings. The van der Waals surface area contributed by atoms with Gasteiger partial charge < -0.3 is 20.3 Å². The Bertz CT molecular complexity index is 1120. The molecule has 10 nitrogen and oxygen atoms in total. The first kappa shape index (κ1) is 23.4. The van der Waals surface area contributed by atoms with Crippen LogP contribution in [0.5, 0.6) is 0 Å². The molecule has 3 heterocycles. The first-order valence-corrected chi connectivity index (χ1v) is 12.8. The minimum Gasteiger partial charge on any atom is -0.377 e. The number of benzene rings is 1. The van der Waals surface area contributed by atoms with Crippen molar-refractivity contribution in [1.29, 1.82) is 0 Å². The monoisotopic (exact) mass is 474 g/mol. The third-order valence-corrected chi connectivity index (χ3v) is 7.64. The number of morpholine rings is 1. The second-order valence-corrected chi connectivity index (χ2v) is 10.4. The second-order valence-electron chi connectivity index (χ2n) is 8.14. The highest BCUT2D eigenvalue weighted by Crippen LogP contribution is 2.34. The fourth-order valence-electron chi connectivity index (χ4n) is 4.04. The van der Waals surface area contributed by atoms with Crippen LogP contribution in [0.3, 0.4) is 0 Å². The second kappa shape index (κ2) is 9.62. The van der Waals surface area contributed by atoms with Crippen molar-refractivity contribution in [3.8, 4) is 11.4 Å². The first-order valence-electron chi connectivity index (χ1n) is 11.2. The number of ether oxygens (including phenoxy) is 1. The van der Waals surface area contributed by atoms with Crippen molar-refractivity contribution in [2.24, 2.45) is 0 Å². The normalized spacial score (nSPS) is 18.8. The summed E-state index contributed by atoms with van der Waals surface area (Å²) in [6.45, 7) is 8.50. The molecular weight excluding hydrogens is 444 g/mol. The van der Waals surface area contributed by atoms with Gasteiger partial charge in [-0.3, -0.25) is 0 Å². The Balaban J connectivity index is 1.70. The number of hydrogen-bond donors (Lipinski definition) is 2. The third kappa shape index (κ3) is 4.94. The molecule has 11 heteroatoms. The maximum Gasteiger partial charge on any atom is 0.319 e. The number of aromatic nitrogens is 2. The lowest BCUT2D eigenvalue weighted by Crippen LogP contribution is -2.44. The fraction of sp³-hybridized carbons (Fsp3) is 0.500. The van der Waals surface area contributed by atoms with Crippen molar-refractivity contribution in [3.63, 3.8) is 0 Å². The molecule has 1 aromatic carbocycles. The highest BCUT2D eigenvalue weighted by molar-refractivity contribution is 7.89. The summed E-state index contributed by atoms with van der Waals surface area (Å²) in [7, 11) is -3.35. The number of rotatable bonds is 6. The maximum absolute atomic E-state index is 12.6. The van der Waals surface area contributed by atoms with E-state index in [0.29, 0.717) is 37.8 Å². The Morgan fingerprint density at radius 1 is 1.18 bits per heavy atom. The average molecular weight is 475 g/mol. The van der Waals surface area contributed by atoms with E-state index in [4.69, 9.17) is 14.7 Å². The molecule has 0 spiro atoms. The molecule has 1 unspecified atom stereocenters. The summed E-state index contributed by atoms with van der Waals surface area (Å²) in [6.07, 6.45) is 0. The van der Waals surface area contributed by atoms with Crippen LogP contribution >= 0.6 is 0 Å². The molecule has 0 radical (unpaired) electrons. The number of nitrogens with zero attached hydrogens (tertiary/aromatic N) is 4. The van der Waals surface area contributed by atoms with E-state index in [2.05, 4.69) is 22.5 Å². The molecule has 1 saturated heterocycles. The van der Waals surface area contributed by atoms with Gasteiger partial charge in [0.15, 0.2) is 5.82 Å². The number of amides is 2. The van der Waals surface area contributed by atoms with Gasteiger partial charge in [-0.05, 0) is 45.0 Å². The molecule has 1 aromatic heterocycles. The summed E-state index contributed by atoms with van der Waals surface area (Å²) in [5.41, 5.74) is 3.04. The minimum absolute atomic E-state index is 0.0463. The zero-order valence-electron chi connectivity index (χ0n) is 19.2. The summed E-state index contributed by atoms with van der Waals surface area (Å²) in [5.74, 6) is 1.34. The molecule has 33 heavy (non-hydrogen) atoms. The maximum atomic E-state index is 12.6. The molecule has 2 amide bonds. The van der Waals surface area contributed by atoms with E-state index < -0.39 is 10.0 Å². The summed E-state index contributed by atoms with van der Waals surface area (Å²) in [5, 5.41) is 5.47. The molecule has 0 bridgehead atoms. The minimum atomic E-state index is -3.35. The summed E-state index contributed by atoms with van der Waals surface area (Å²) < 4.78 is 32.2. The summed E-state index contributed by atoms with van der Waals surface area (Å²) in [6, 6.07) is 7.15. The van der Waals surface area contributed by atoms with Crippen molar-refractivity contribution < 1.29 is 17.9 Å². The van der Waals surface area contributed by atoms with Gasteiger partial charge in [0, 0.05) is 36.4 Å². The first-order chi connectivity index (χ1) is 15.8. The topological polar surface area (TPSA) is 117 Å². The van der Waals surface area contributed by atoms with Crippen molar-refractivity contribution in [2.75, 3.05) is 42.3 Å². The van der Waals surface area contributed by atoms with E-state index in [-0.39, 0.29) is 30.9 Å². The van der Waals surface area contributed by atoms with Gasteiger partial charge in [-0.25, -0.2) is 23.2 Å². The predicted molar refractivity (Wildman–Crippen MR) is 126 cm³/mol. The largest absolute Gasteiger partial charge is 0.377 e. The van der Waals surface area contributed by atoms with Crippen LogP contribution in [0.25, 0.3) is 11.4 Å². The van der Waals surface area contributed by atoms with Gasteiger partial charge in [-0.2, -0.15) is 4.31 Å². The molecule has 2 aliphatic rings. The molecule has 2 aromatic rings. The number of fused-ring (bicyclic) bond motifs is 1. The Morgan fingerprint density at radius 3 is 2.61 bits per heavy atom. The zero-order chi connectivity index (χ0) is 23.6. The fourth-order valence-corrected chi connectivity index (χ4v) is 5.05. The van der Waals surface area contributed by atoms with Crippen LogP contribution in [0, 0.1) is 0 Å². The van der Waals surface area contributed by atoms with Gasteiger partial charge in [0.25, 0.3) is 0 Å². The number of carbonyl (C=O) groups is 1. The van der Waals surface area contributed by atoms with Crippen molar-refractivity contribution >= 4 is 27.6 Å². The lowest BCUT2D eigenvalue weighted by atomic mass is 10.1. The standard InChI is InChI=1S/C22H30N6O4S/c1-4-23-22(29)24-17-8-6-16(7-9-17)20-25-19-13-27(33(30,31)5-2)12-18(19)21(26-20)28-10-11-32-14-15(28)3/h6-9,15H,4-5,10-14H2,1-3H3,(H2,23,24,29). The lowest BCUT2D eigenvalue weighted by molar-refractivity contribution is 0.0984. The van der Waals surface area contributed by atoms with Crippen LogP contribution in [0.4, 0.5) is 16.3 Å². The van der Waals surface area contributed by atoms with Crippen molar-refractivity contribution in [2.45, 2.75) is 39.9 Å². The van der Waals surface area contributed by atoms with E-state index >= 15 is 0 Å². The van der Waals surface area contributed by atoms with Crippen LogP contribution in [0.1, 0.15) is 32.0 Å². The number of sulfonamides is 1. The molecule has 2 aliphatic heterocycles. The number of hydrogen-bond acceptors (Lipinski definition) is 7. The highest BCUT2D eigenvalue weighted by Gasteiger charge is 2.35. The van der Waals surface area contributed by atoms with E-state index in [1.165, 1.54) is 4.31 Å². The number of nitrogens with one attached hydrogen (secondary N) is 2.